The third kappa shape index (κ3) is 5.26. The lowest BCUT2D eigenvalue weighted by molar-refractivity contribution is -0.151. The topological polar surface area (TPSA) is 81.5 Å². The maximum Gasteiger partial charge on any atom is 0.306 e. The Bertz CT molecular complexity index is 917. The van der Waals surface area contributed by atoms with E-state index in [1.807, 2.05) is 19.9 Å². The Labute approximate surface area is 158 Å². The normalized spacial score (nSPS) is 10.6. The summed E-state index contributed by atoms with van der Waals surface area (Å²) in [6, 6.07) is 7.08. The van der Waals surface area contributed by atoms with Crippen LogP contribution in [0.4, 0.5) is 0 Å². The molecular formula is C20H25N3O4. The molecule has 1 amide bonds. The van der Waals surface area contributed by atoms with Gasteiger partial charge in [0.2, 0.25) is 0 Å². The zero-order valence-corrected chi connectivity index (χ0v) is 16.0. The molecule has 0 saturated heterocycles. The van der Waals surface area contributed by atoms with E-state index >= 15 is 0 Å². The molecule has 7 nitrogen and oxygen atoms in total. The molecule has 0 aliphatic carbocycles. The Kier molecular flexibility index (Phi) is 6.87. The fourth-order valence-corrected chi connectivity index (χ4v) is 2.71. The second kappa shape index (κ2) is 9.12. The van der Waals surface area contributed by atoms with Crippen molar-refractivity contribution in [3.05, 3.63) is 52.6 Å². The Morgan fingerprint density at radius 1 is 1.30 bits per heavy atom. The molecule has 0 spiro atoms. The molecule has 1 aromatic carbocycles. The van der Waals surface area contributed by atoms with E-state index in [1.165, 1.54) is 4.57 Å². The van der Waals surface area contributed by atoms with Gasteiger partial charge in [-0.25, -0.2) is 4.98 Å². The Hall–Kier alpha value is -2.96. The number of carbonyl (C=O) groups is 2. The van der Waals surface area contributed by atoms with Crippen LogP contribution in [0.1, 0.15) is 26.1 Å². The lowest BCUT2D eigenvalue weighted by atomic mass is 10.2. The van der Waals surface area contributed by atoms with Crippen LogP contribution in [0, 0.1) is 0 Å². The van der Waals surface area contributed by atoms with Crippen LogP contribution in [0.5, 0.6) is 0 Å². The number of aryl methyl sites for hydroxylation is 1. The number of nitrogens with zero attached hydrogens (tertiary/aromatic N) is 3. The highest BCUT2D eigenvalue weighted by atomic mass is 16.5. The van der Waals surface area contributed by atoms with E-state index in [0.29, 0.717) is 29.8 Å². The number of esters is 1. The number of fused-ring (bicyclic) bond motifs is 1. The highest BCUT2D eigenvalue weighted by molar-refractivity contribution is 5.81. The zero-order valence-electron chi connectivity index (χ0n) is 16.0. The number of ether oxygens (including phenoxy) is 1. The summed E-state index contributed by atoms with van der Waals surface area (Å²) in [5, 5.41) is 0.536. The van der Waals surface area contributed by atoms with Crippen LogP contribution in [0.2, 0.25) is 0 Å². The quantitative estimate of drug-likeness (QED) is 0.522. The number of carbonyl (C=O) groups excluding carboxylic acids is 2. The summed E-state index contributed by atoms with van der Waals surface area (Å²) in [5.41, 5.74) is 1.30. The molecule has 0 radical (unpaired) electrons. The minimum Gasteiger partial charge on any atom is -0.456 e. The number of rotatable bonds is 8. The van der Waals surface area contributed by atoms with Crippen LogP contribution in [0.25, 0.3) is 10.9 Å². The number of likely N-dealkylation sites (N-methyl/N-ethyl adjacent to an activating group) is 1. The molecule has 0 fully saturated rings. The van der Waals surface area contributed by atoms with Gasteiger partial charge in [-0.2, -0.15) is 0 Å². The van der Waals surface area contributed by atoms with Crippen molar-refractivity contribution < 1.29 is 14.3 Å². The minimum atomic E-state index is -0.503. The summed E-state index contributed by atoms with van der Waals surface area (Å²) in [5.74, 6) is -0.262. The van der Waals surface area contributed by atoms with E-state index < -0.39 is 5.97 Å². The van der Waals surface area contributed by atoms with Crippen LogP contribution in [0.3, 0.4) is 0 Å². The van der Waals surface area contributed by atoms with E-state index in [-0.39, 0.29) is 30.9 Å². The van der Waals surface area contributed by atoms with Crippen molar-refractivity contribution in [3.63, 3.8) is 0 Å². The van der Waals surface area contributed by atoms with Crippen molar-refractivity contribution in [1.82, 2.24) is 14.5 Å². The average Bonchev–Trinajstić information content (AvgIpc) is 2.65. The third-order valence-corrected chi connectivity index (χ3v) is 4.18. The van der Waals surface area contributed by atoms with Crippen LogP contribution in [-0.2, 0) is 27.8 Å². The number of hydrogen-bond donors (Lipinski definition) is 0. The lowest BCUT2D eigenvalue weighted by Gasteiger charge is -2.20. The van der Waals surface area contributed by atoms with Gasteiger partial charge in [0, 0.05) is 26.6 Å². The van der Waals surface area contributed by atoms with Gasteiger partial charge >= 0.3 is 5.97 Å². The predicted octanol–water partition coefficient (Wildman–Crippen LogP) is 1.83. The van der Waals surface area contributed by atoms with Crippen molar-refractivity contribution in [3.8, 4) is 0 Å². The Morgan fingerprint density at radius 2 is 2.00 bits per heavy atom. The molecule has 27 heavy (non-hydrogen) atoms. The van der Waals surface area contributed by atoms with Gasteiger partial charge < -0.3 is 9.64 Å². The Morgan fingerprint density at radius 3 is 2.67 bits per heavy atom. The van der Waals surface area contributed by atoms with Crippen LogP contribution in [-0.4, -0.2) is 46.0 Å². The first kappa shape index (κ1) is 20.4. The van der Waals surface area contributed by atoms with Gasteiger partial charge in [-0.3, -0.25) is 19.0 Å². The number of para-hydroxylation sites is 1. The Balaban J connectivity index is 1.95. The maximum absolute atomic E-state index is 12.4. The molecule has 0 aliphatic heterocycles. The van der Waals surface area contributed by atoms with Gasteiger partial charge in [-0.1, -0.05) is 24.3 Å². The lowest BCUT2D eigenvalue weighted by Crippen LogP contribution is -2.35. The molecule has 0 atom stereocenters. The molecular weight excluding hydrogens is 346 g/mol. The first-order valence-electron chi connectivity index (χ1n) is 8.86. The van der Waals surface area contributed by atoms with Gasteiger partial charge in [0.15, 0.2) is 6.61 Å². The summed E-state index contributed by atoms with van der Waals surface area (Å²) < 4.78 is 6.51. The van der Waals surface area contributed by atoms with Crippen LogP contribution in [0.15, 0.2) is 41.2 Å². The summed E-state index contributed by atoms with van der Waals surface area (Å²) >= 11 is 0. The second-order valence-electron chi connectivity index (χ2n) is 6.44. The predicted molar refractivity (Wildman–Crippen MR) is 103 cm³/mol. The monoisotopic (exact) mass is 371 g/mol. The average molecular weight is 371 g/mol. The summed E-state index contributed by atoms with van der Waals surface area (Å²) in [4.78, 5) is 42.4. The molecule has 0 unspecified atom stereocenters. The van der Waals surface area contributed by atoms with Gasteiger partial charge in [-0.15, -0.1) is 0 Å². The smallest absolute Gasteiger partial charge is 0.306 e. The van der Waals surface area contributed by atoms with E-state index in [0.717, 1.165) is 5.57 Å². The fourth-order valence-electron chi connectivity index (χ4n) is 2.71. The van der Waals surface area contributed by atoms with Gasteiger partial charge in [0.25, 0.3) is 11.5 Å². The van der Waals surface area contributed by atoms with E-state index in [9.17, 15) is 14.4 Å². The first-order valence-corrected chi connectivity index (χ1v) is 8.86. The molecule has 0 bridgehead atoms. The van der Waals surface area contributed by atoms with Crippen LogP contribution < -0.4 is 5.56 Å². The molecule has 2 aromatic rings. The van der Waals surface area contributed by atoms with Crippen molar-refractivity contribution >= 4 is 22.8 Å². The molecule has 1 heterocycles. The van der Waals surface area contributed by atoms with Crippen LogP contribution >= 0.6 is 0 Å². The molecule has 0 saturated carbocycles. The SMILES string of the molecule is C=C(C)CN(CC)C(=O)COC(=O)CCc1nc2ccccc2c(=O)n1C. The molecule has 0 aliphatic rings. The molecule has 2 rings (SSSR count). The molecule has 144 valence electrons. The van der Waals surface area contributed by atoms with Crippen molar-refractivity contribution in [2.24, 2.45) is 7.05 Å². The fraction of sp³-hybridized carbons (Fsp3) is 0.400. The largest absolute Gasteiger partial charge is 0.456 e. The molecule has 7 heteroatoms. The van der Waals surface area contributed by atoms with Crippen molar-refractivity contribution in [2.75, 3.05) is 19.7 Å². The highest BCUT2D eigenvalue weighted by Crippen LogP contribution is 2.08. The summed E-state index contributed by atoms with van der Waals surface area (Å²) in [7, 11) is 1.63. The number of benzene rings is 1. The summed E-state index contributed by atoms with van der Waals surface area (Å²) in [6.45, 7) is 8.13. The molecule has 0 N–H and O–H groups in total. The van der Waals surface area contributed by atoms with Crippen molar-refractivity contribution in [2.45, 2.75) is 26.7 Å². The van der Waals surface area contributed by atoms with E-state index in [1.54, 1.807) is 30.1 Å². The van der Waals surface area contributed by atoms with Gasteiger partial charge in [0.05, 0.1) is 17.3 Å². The summed E-state index contributed by atoms with van der Waals surface area (Å²) in [6.07, 6.45) is 0.297. The number of hydrogen-bond acceptors (Lipinski definition) is 5. The second-order valence-corrected chi connectivity index (χ2v) is 6.44. The zero-order chi connectivity index (χ0) is 20.0. The van der Waals surface area contributed by atoms with Gasteiger partial charge in [0.1, 0.15) is 5.82 Å². The number of aromatic nitrogens is 2. The molecule has 1 aromatic heterocycles. The van der Waals surface area contributed by atoms with Crippen molar-refractivity contribution in [1.29, 1.82) is 0 Å². The van der Waals surface area contributed by atoms with E-state index in [2.05, 4.69) is 11.6 Å². The van der Waals surface area contributed by atoms with E-state index in [4.69, 9.17) is 4.74 Å². The maximum atomic E-state index is 12.4. The first-order chi connectivity index (χ1) is 12.8. The third-order valence-electron chi connectivity index (χ3n) is 4.18. The standard InChI is InChI=1S/C20H25N3O4/c1-5-23(12-14(2)3)18(24)13-27-19(25)11-10-17-21-16-9-7-6-8-15(16)20(26)22(17)4/h6-9H,2,5,10-13H2,1,3-4H3. The minimum absolute atomic E-state index is 0.0402. The highest BCUT2D eigenvalue weighted by Gasteiger charge is 2.15. The number of amides is 1. The van der Waals surface area contributed by atoms with Gasteiger partial charge in [-0.05, 0) is 26.0 Å².